The average Bonchev–Trinajstić information content (AvgIpc) is 3.13. The van der Waals surface area contributed by atoms with E-state index in [9.17, 15) is 13.6 Å². The lowest BCUT2D eigenvalue weighted by atomic mass is 10.0. The summed E-state index contributed by atoms with van der Waals surface area (Å²) in [6.45, 7) is 8.09. The summed E-state index contributed by atoms with van der Waals surface area (Å²) in [6, 6.07) is 3.16. The zero-order chi connectivity index (χ0) is 21.4. The highest BCUT2D eigenvalue weighted by Crippen LogP contribution is 2.23. The fourth-order valence-electron chi connectivity index (χ4n) is 3.18. The van der Waals surface area contributed by atoms with Crippen LogP contribution in [0.3, 0.4) is 0 Å². The van der Waals surface area contributed by atoms with Crippen LogP contribution in [0.2, 0.25) is 0 Å². The highest BCUT2D eigenvalue weighted by atomic mass is 19.2. The van der Waals surface area contributed by atoms with Crippen LogP contribution < -0.4 is 0 Å². The van der Waals surface area contributed by atoms with Crippen molar-refractivity contribution in [1.29, 1.82) is 0 Å². The lowest BCUT2D eigenvalue weighted by Gasteiger charge is -2.09. The lowest BCUT2D eigenvalue weighted by Crippen LogP contribution is -2.21. The van der Waals surface area contributed by atoms with Gasteiger partial charge in [0.25, 0.3) is 0 Å². The van der Waals surface area contributed by atoms with Gasteiger partial charge in [0.1, 0.15) is 12.4 Å². The number of allylic oxidation sites excluding steroid dienone is 1. The zero-order valence-electron chi connectivity index (χ0n) is 17.4. The van der Waals surface area contributed by atoms with Crippen LogP contribution in [-0.2, 0) is 11.2 Å². The minimum Gasteiger partial charge on any atom is -0.367 e. The molecule has 1 fully saturated rings. The summed E-state index contributed by atoms with van der Waals surface area (Å²) < 4.78 is 31.0. The van der Waals surface area contributed by atoms with Crippen molar-refractivity contribution in [2.75, 3.05) is 0 Å². The molecule has 4 nitrogen and oxygen atoms in total. The van der Waals surface area contributed by atoms with Crippen LogP contribution in [-0.4, -0.2) is 28.0 Å². The first-order valence-corrected chi connectivity index (χ1v) is 9.95. The van der Waals surface area contributed by atoms with Crippen LogP contribution in [0, 0.1) is 18.6 Å². The molecule has 0 radical (unpaired) electrons. The van der Waals surface area contributed by atoms with Crippen LogP contribution in [0.25, 0.3) is 6.08 Å². The second-order valence-corrected chi connectivity index (χ2v) is 7.08. The van der Waals surface area contributed by atoms with Crippen LogP contribution in [0.15, 0.2) is 30.6 Å². The minimum atomic E-state index is -1.00. The molecule has 3 rings (SSSR count). The van der Waals surface area contributed by atoms with Crippen molar-refractivity contribution in [3.8, 4) is 0 Å². The molecule has 1 aliphatic heterocycles. The molecule has 0 bridgehead atoms. The Morgan fingerprint density at radius 3 is 2.59 bits per heavy atom. The van der Waals surface area contributed by atoms with Gasteiger partial charge in [0.2, 0.25) is 0 Å². The van der Waals surface area contributed by atoms with Crippen molar-refractivity contribution >= 4 is 11.9 Å². The summed E-state index contributed by atoms with van der Waals surface area (Å²) in [7, 11) is 0. The number of carbonyl (C=O) groups is 1. The van der Waals surface area contributed by atoms with E-state index in [1.54, 1.807) is 6.33 Å². The first-order chi connectivity index (χ1) is 13.9. The molecule has 0 aliphatic carbocycles. The van der Waals surface area contributed by atoms with Crippen molar-refractivity contribution < 1.29 is 18.3 Å². The van der Waals surface area contributed by atoms with Crippen molar-refractivity contribution in [2.45, 2.75) is 65.6 Å². The first kappa shape index (κ1) is 22.8. The van der Waals surface area contributed by atoms with E-state index in [1.165, 1.54) is 11.6 Å². The van der Waals surface area contributed by atoms with E-state index in [0.29, 0.717) is 6.42 Å². The summed E-state index contributed by atoms with van der Waals surface area (Å²) in [5.74, 6) is -2.22. The summed E-state index contributed by atoms with van der Waals surface area (Å²) in [5.41, 5.74) is 3.58. The van der Waals surface area contributed by atoms with Gasteiger partial charge in [-0.1, -0.05) is 25.5 Å². The van der Waals surface area contributed by atoms with Crippen LogP contribution in [0.1, 0.15) is 67.3 Å². The Balaban J connectivity index is 0.000000212. The van der Waals surface area contributed by atoms with Gasteiger partial charge < -0.3 is 4.74 Å². The summed E-state index contributed by atoms with van der Waals surface area (Å²) in [5, 5.41) is 0. The van der Waals surface area contributed by atoms with Gasteiger partial charge in [0, 0.05) is 16.8 Å². The van der Waals surface area contributed by atoms with E-state index in [2.05, 4.69) is 23.0 Å². The van der Waals surface area contributed by atoms with Gasteiger partial charge in [-0.25, -0.2) is 18.7 Å². The molecule has 0 N–H and O–H groups in total. The van der Waals surface area contributed by atoms with Gasteiger partial charge in [-0.15, -0.1) is 0 Å². The van der Waals surface area contributed by atoms with Crippen molar-refractivity contribution in [2.24, 2.45) is 0 Å². The molecule has 0 spiro atoms. The number of Topliss-reactive ketones (excluding diaryl/α,β-unsaturated/α-hetero) is 1. The number of aryl methyl sites for hydroxylation is 2. The maximum Gasteiger partial charge on any atom is 0.191 e. The number of rotatable bonds is 5. The number of hydrogen-bond donors (Lipinski definition) is 0. The van der Waals surface area contributed by atoms with Crippen molar-refractivity contribution in [3.63, 3.8) is 0 Å². The zero-order valence-corrected chi connectivity index (χ0v) is 17.4. The Hall–Kier alpha value is -2.47. The molecule has 0 amide bonds. The number of carbonyl (C=O) groups excluding carboxylic acids is 1. The molecular formula is C23H28F2N2O2. The summed E-state index contributed by atoms with van der Waals surface area (Å²) >= 11 is 0. The number of ketones is 1. The topological polar surface area (TPSA) is 52.1 Å². The number of hydrogen-bond acceptors (Lipinski definition) is 4. The maximum atomic E-state index is 12.9. The molecule has 2 aromatic rings. The summed E-state index contributed by atoms with van der Waals surface area (Å²) in [6.07, 6.45) is 8.92. The Labute approximate surface area is 171 Å². The molecule has 1 aliphatic rings. The van der Waals surface area contributed by atoms with Crippen molar-refractivity contribution in [3.05, 3.63) is 64.8 Å². The Morgan fingerprint density at radius 1 is 1.24 bits per heavy atom. The van der Waals surface area contributed by atoms with Crippen LogP contribution in [0.4, 0.5) is 8.78 Å². The lowest BCUT2D eigenvalue weighted by molar-refractivity contribution is 0.0433. The predicted molar refractivity (Wildman–Crippen MR) is 110 cm³/mol. The number of halogens is 2. The second-order valence-electron chi connectivity index (χ2n) is 7.08. The van der Waals surface area contributed by atoms with E-state index < -0.39 is 17.7 Å². The fourth-order valence-corrected chi connectivity index (χ4v) is 3.18. The number of ether oxygens (including phenoxy) is 1. The third kappa shape index (κ3) is 6.26. The molecule has 2 unspecified atom stereocenters. The third-order valence-electron chi connectivity index (χ3n) is 4.71. The fraction of sp³-hybridized carbons (Fsp3) is 0.435. The van der Waals surface area contributed by atoms with E-state index >= 15 is 0 Å². The highest BCUT2D eigenvalue weighted by molar-refractivity contribution is 5.99. The molecule has 1 aromatic heterocycles. The molecular weight excluding hydrogens is 374 g/mol. The van der Waals surface area contributed by atoms with Crippen LogP contribution >= 0.6 is 0 Å². The van der Waals surface area contributed by atoms with Gasteiger partial charge in [-0.05, 0) is 58.2 Å². The number of aromatic nitrogens is 2. The maximum absolute atomic E-state index is 12.9. The molecule has 2 atom stereocenters. The molecule has 0 saturated carbocycles. The number of benzene rings is 1. The van der Waals surface area contributed by atoms with Gasteiger partial charge in [-0.3, -0.25) is 4.79 Å². The molecule has 2 heterocycles. The first-order valence-electron chi connectivity index (χ1n) is 9.95. The smallest absolute Gasteiger partial charge is 0.191 e. The highest BCUT2D eigenvalue weighted by Gasteiger charge is 2.29. The van der Waals surface area contributed by atoms with Gasteiger partial charge in [-0.2, -0.15) is 0 Å². The van der Waals surface area contributed by atoms with Gasteiger partial charge in [0.05, 0.1) is 11.8 Å². The molecule has 1 saturated heterocycles. The Morgan fingerprint density at radius 2 is 2.00 bits per heavy atom. The van der Waals surface area contributed by atoms with Crippen molar-refractivity contribution in [1.82, 2.24) is 9.97 Å². The predicted octanol–water partition coefficient (Wildman–Crippen LogP) is 5.49. The Bertz CT molecular complexity index is 868. The molecule has 6 heteroatoms. The molecule has 156 valence electrons. The third-order valence-corrected chi connectivity index (χ3v) is 4.71. The van der Waals surface area contributed by atoms with E-state index in [1.807, 2.05) is 26.8 Å². The number of nitrogens with zero attached hydrogens (tertiary/aromatic N) is 2. The molecule has 29 heavy (non-hydrogen) atoms. The average molecular weight is 402 g/mol. The largest absolute Gasteiger partial charge is 0.367 e. The summed E-state index contributed by atoms with van der Waals surface area (Å²) in [4.78, 5) is 20.3. The monoisotopic (exact) mass is 402 g/mol. The Kier molecular flexibility index (Phi) is 8.58. The molecule has 1 aromatic carbocycles. The second kappa shape index (κ2) is 10.9. The standard InChI is InChI=1S/C12H12F2O2.C11H16N2/c1-7-2-5-11(16-7)12(15)8-3-4-9(13)10(14)6-8;1-4-6-10-9(3)12-8-13-11(10)7-5-2/h3-4,6-7,11H,2,5H2,1H3;4,6,8H,5,7H2,1-3H3/b;6-4-. The van der Waals surface area contributed by atoms with Gasteiger partial charge in [0.15, 0.2) is 17.4 Å². The van der Waals surface area contributed by atoms with Gasteiger partial charge >= 0.3 is 0 Å². The minimum absolute atomic E-state index is 0.0549. The van der Waals surface area contributed by atoms with E-state index in [-0.39, 0.29) is 17.5 Å². The quantitative estimate of drug-likeness (QED) is 0.621. The SMILES string of the molecule is C/C=C\c1c(C)ncnc1CCC.CC1CCC(C(=O)c2ccc(F)c(F)c2)O1. The van der Waals surface area contributed by atoms with E-state index in [4.69, 9.17) is 4.74 Å². The normalized spacial score (nSPS) is 18.6. The van der Waals surface area contributed by atoms with E-state index in [0.717, 1.165) is 42.8 Å². The van der Waals surface area contributed by atoms with Crippen LogP contribution in [0.5, 0.6) is 0 Å².